The smallest absolute Gasteiger partial charge is 0.241 e. The van der Waals surface area contributed by atoms with E-state index in [1.165, 1.54) is 0 Å². The SMILES string of the molecule is Cc1ccccc1OCCN(C)C(=O)CNC(=O)Cc1ccccc1. The second-order valence-electron chi connectivity index (χ2n) is 5.87. The number of hydrogen-bond donors (Lipinski definition) is 1. The molecule has 1 N–H and O–H groups in total. The first-order valence-electron chi connectivity index (χ1n) is 8.29. The number of likely N-dealkylation sites (N-methyl/N-ethyl adjacent to an activating group) is 1. The van der Waals surface area contributed by atoms with E-state index in [0.29, 0.717) is 13.2 Å². The van der Waals surface area contributed by atoms with Crippen molar-refractivity contribution >= 4 is 11.8 Å². The molecule has 25 heavy (non-hydrogen) atoms. The molecule has 0 aliphatic rings. The number of rotatable bonds is 8. The van der Waals surface area contributed by atoms with Crippen LogP contribution in [-0.4, -0.2) is 43.5 Å². The van der Waals surface area contributed by atoms with Crippen molar-refractivity contribution in [2.75, 3.05) is 26.7 Å². The standard InChI is InChI=1S/C20H24N2O3/c1-16-8-6-7-11-18(16)25-13-12-22(2)20(24)15-21-19(23)14-17-9-4-3-5-10-17/h3-11H,12-15H2,1-2H3,(H,21,23). The monoisotopic (exact) mass is 340 g/mol. The number of para-hydroxylation sites is 1. The minimum atomic E-state index is -0.163. The van der Waals surface area contributed by atoms with Crippen molar-refractivity contribution in [2.45, 2.75) is 13.3 Å². The Bertz CT molecular complexity index is 701. The van der Waals surface area contributed by atoms with Crippen LogP contribution in [0, 0.1) is 6.92 Å². The molecule has 2 rings (SSSR count). The topological polar surface area (TPSA) is 58.6 Å². The van der Waals surface area contributed by atoms with E-state index in [1.54, 1.807) is 11.9 Å². The molecule has 0 saturated carbocycles. The molecule has 5 nitrogen and oxygen atoms in total. The fraction of sp³-hybridized carbons (Fsp3) is 0.300. The van der Waals surface area contributed by atoms with Crippen LogP contribution in [-0.2, 0) is 16.0 Å². The lowest BCUT2D eigenvalue weighted by Gasteiger charge is -2.18. The summed E-state index contributed by atoms with van der Waals surface area (Å²) in [6.07, 6.45) is 0.272. The lowest BCUT2D eigenvalue weighted by atomic mass is 10.1. The summed E-state index contributed by atoms with van der Waals surface area (Å²) in [6.45, 7) is 2.84. The van der Waals surface area contributed by atoms with Gasteiger partial charge < -0.3 is 15.0 Å². The summed E-state index contributed by atoms with van der Waals surface area (Å²) >= 11 is 0. The molecule has 0 radical (unpaired) electrons. The Morgan fingerprint density at radius 1 is 1.04 bits per heavy atom. The molecule has 0 saturated heterocycles. The van der Waals surface area contributed by atoms with Crippen molar-refractivity contribution in [3.8, 4) is 5.75 Å². The third kappa shape index (κ3) is 6.30. The molecule has 0 aromatic heterocycles. The highest BCUT2D eigenvalue weighted by molar-refractivity contribution is 5.85. The first-order valence-corrected chi connectivity index (χ1v) is 8.29. The molecule has 2 aromatic carbocycles. The van der Waals surface area contributed by atoms with Gasteiger partial charge in [-0.15, -0.1) is 0 Å². The van der Waals surface area contributed by atoms with Gasteiger partial charge in [0.1, 0.15) is 12.4 Å². The Morgan fingerprint density at radius 3 is 2.44 bits per heavy atom. The summed E-state index contributed by atoms with van der Waals surface area (Å²) in [5, 5.41) is 2.66. The number of carbonyl (C=O) groups is 2. The van der Waals surface area contributed by atoms with E-state index in [1.807, 2.05) is 61.5 Å². The average molecular weight is 340 g/mol. The van der Waals surface area contributed by atoms with Gasteiger partial charge in [0, 0.05) is 7.05 Å². The second kappa shape index (κ2) is 9.47. The summed E-state index contributed by atoms with van der Waals surface area (Å²) in [4.78, 5) is 25.5. The van der Waals surface area contributed by atoms with Crippen LogP contribution in [0.1, 0.15) is 11.1 Å². The minimum Gasteiger partial charge on any atom is -0.491 e. The predicted octanol–water partition coefficient (Wildman–Crippen LogP) is 2.19. The quantitative estimate of drug-likeness (QED) is 0.801. The van der Waals surface area contributed by atoms with Gasteiger partial charge in [-0.05, 0) is 24.1 Å². The molecule has 0 heterocycles. The van der Waals surface area contributed by atoms with E-state index in [9.17, 15) is 9.59 Å². The maximum Gasteiger partial charge on any atom is 0.241 e. The fourth-order valence-electron chi connectivity index (χ4n) is 2.29. The van der Waals surface area contributed by atoms with E-state index >= 15 is 0 Å². The van der Waals surface area contributed by atoms with E-state index in [-0.39, 0.29) is 24.8 Å². The largest absolute Gasteiger partial charge is 0.491 e. The van der Waals surface area contributed by atoms with Crippen LogP contribution in [0.2, 0.25) is 0 Å². The van der Waals surface area contributed by atoms with Crippen molar-refractivity contribution < 1.29 is 14.3 Å². The number of benzene rings is 2. The van der Waals surface area contributed by atoms with Gasteiger partial charge >= 0.3 is 0 Å². The van der Waals surface area contributed by atoms with E-state index in [0.717, 1.165) is 16.9 Å². The molecule has 0 unspecified atom stereocenters. The molecular weight excluding hydrogens is 316 g/mol. The zero-order valence-corrected chi connectivity index (χ0v) is 14.7. The summed E-state index contributed by atoms with van der Waals surface area (Å²) in [5.41, 5.74) is 1.98. The number of hydrogen-bond acceptors (Lipinski definition) is 3. The van der Waals surface area contributed by atoms with Gasteiger partial charge in [-0.1, -0.05) is 48.5 Å². The van der Waals surface area contributed by atoms with Gasteiger partial charge in [0.05, 0.1) is 19.5 Å². The van der Waals surface area contributed by atoms with Crippen molar-refractivity contribution in [2.24, 2.45) is 0 Å². The third-order valence-electron chi connectivity index (χ3n) is 3.85. The fourth-order valence-corrected chi connectivity index (χ4v) is 2.29. The van der Waals surface area contributed by atoms with Crippen LogP contribution in [0.25, 0.3) is 0 Å². The number of ether oxygens (including phenoxy) is 1. The summed E-state index contributed by atoms with van der Waals surface area (Å²) < 4.78 is 5.68. The minimum absolute atomic E-state index is 0.00741. The third-order valence-corrected chi connectivity index (χ3v) is 3.85. The highest BCUT2D eigenvalue weighted by Crippen LogP contribution is 2.15. The first kappa shape index (κ1) is 18.5. The normalized spacial score (nSPS) is 10.2. The molecule has 2 amide bonds. The molecule has 2 aromatic rings. The number of aryl methyl sites for hydroxylation is 1. The highest BCUT2D eigenvalue weighted by Gasteiger charge is 2.11. The molecular formula is C20H24N2O3. The van der Waals surface area contributed by atoms with Crippen LogP contribution < -0.4 is 10.1 Å². The highest BCUT2D eigenvalue weighted by atomic mass is 16.5. The predicted molar refractivity (Wildman–Crippen MR) is 97.5 cm³/mol. The van der Waals surface area contributed by atoms with Crippen molar-refractivity contribution in [1.82, 2.24) is 10.2 Å². The molecule has 5 heteroatoms. The molecule has 0 fully saturated rings. The Hall–Kier alpha value is -2.82. The van der Waals surface area contributed by atoms with Crippen molar-refractivity contribution in [3.05, 3.63) is 65.7 Å². The number of nitrogens with zero attached hydrogens (tertiary/aromatic N) is 1. The number of nitrogens with one attached hydrogen (secondary N) is 1. The Labute approximate surface area is 148 Å². The molecule has 0 bridgehead atoms. The zero-order chi connectivity index (χ0) is 18.1. The van der Waals surface area contributed by atoms with Crippen LogP contribution in [0.4, 0.5) is 0 Å². The van der Waals surface area contributed by atoms with Crippen LogP contribution in [0.15, 0.2) is 54.6 Å². The maximum absolute atomic E-state index is 12.1. The first-order chi connectivity index (χ1) is 12.1. The average Bonchev–Trinajstić information content (AvgIpc) is 2.62. The van der Waals surface area contributed by atoms with Crippen LogP contribution >= 0.6 is 0 Å². The van der Waals surface area contributed by atoms with Gasteiger partial charge in [-0.25, -0.2) is 0 Å². The van der Waals surface area contributed by atoms with Gasteiger partial charge in [-0.2, -0.15) is 0 Å². The maximum atomic E-state index is 12.1. The Kier molecular flexibility index (Phi) is 7.01. The zero-order valence-electron chi connectivity index (χ0n) is 14.7. The van der Waals surface area contributed by atoms with Gasteiger partial charge in [0.2, 0.25) is 11.8 Å². The summed E-state index contributed by atoms with van der Waals surface area (Å²) in [6, 6.07) is 17.2. The van der Waals surface area contributed by atoms with E-state index in [2.05, 4.69) is 5.32 Å². The van der Waals surface area contributed by atoms with Gasteiger partial charge in [0.25, 0.3) is 0 Å². The summed E-state index contributed by atoms with van der Waals surface area (Å²) in [5.74, 6) is 0.512. The molecule has 0 aliphatic carbocycles. The second-order valence-corrected chi connectivity index (χ2v) is 5.87. The van der Waals surface area contributed by atoms with E-state index < -0.39 is 0 Å². The van der Waals surface area contributed by atoms with Crippen LogP contribution in [0.5, 0.6) is 5.75 Å². The lowest BCUT2D eigenvalue weighted by Crippen LogP contribution is -2.40. The molecule has 0 atom stereocenters. The number of carbonyl (C=O) groups excluding carboxylic acids is 2. The van der Waals surface area contributed by atoms with Gasteiger partial charge in [0.15, 0.2) is 0 Å². The molecule has 0 spiro atoms. The lowest BCUT2D eigenvalue weighted by molar-refractivity contribution is -0.131. The van der Waals surface area contributed by atoms with E-state index in [4.69, 9.17) is 4.74 Å². The van der Waals surface area contributed by atoms with Gasteiger partial charge in [-0.3, -0.25) is 9.59 Å². The molecule has 0 aliphatic heterocycles. The summed E-state index contributed by atoms with van der Waals surface area (Å²) in [7, 11) is 1.70. The van der Waals surface area contributed by atoms with Crippen LogP contribution in [0.3, 0.4) is 0 Å². The molecule has 132 valence electrons. The Balaban J connectivity index is 1.68. The Morgan fingerprint density at radius 2 is 1.72 bits per heavy atom. The number of amides is 2. The van der Waals surface area contributed by atoms with Crippen molar-refractivity contribution in [1.29, 1.82) is 0 Å². The van der Waals surface area contributed by atoms with Crippen molar-refractivity contribution in [3.63, 3.8) is 0 Å².